The molecule has 1 atom stereocenters. The molecule has 3 rings (SSSR count). The van der Waals surface area contributed by atoms with Gasteiger partial charge in [-0.15, -0.1) is 0 Å². The van der Waals surface area contributed by atoms with Crippen LogP contribution in [-0.2, 0) is 14.3 Å². The van der Waals surface area contributed by atoms with Crippen molar-refractivity contribution in [1.29, 1.82) is 0 Å². The number of nitrogens with zero attached hydrogens (tertiary/aromatic N) is 3. The van der Waals surface area contributed by atoms with Crippen molar-refractivity contribution in [3.8, 4) is 5.75 Å². The van der Waals surface area contributed by atoms with E-state index in [4.69, 9.17) is 9.47 Å². The molecule has 0 N–H and O–H groups in total. The van der Waals surface area contributed by atoms with E-state index >= 15 is 0 Å². The molecule has 1 aliphatic rings. The van der Waals surface area contributed by atoms with Crippen molar-refractivity contribution in [2.24, 2.45) is 0 Å². The number of pyridine rings is 1. The molecule has 0 saturated carbocycles. The summed E-state index contributed by atoms with van der Waals surface area (Å²) in [5.74, 6) is -1.48. The molecule has 9 heteroatoms. The van der Waals surface area contributed by atoms with Crippen LogP contribution in [0.4, 0.5) is 11.6 Å². The average molecular weight is 399 g/mol. The van der Waals surface area contributed by atoms with Crippen LogP contribution >= 0.6 is 0 Å². The lowest BCUT2D eigenvalue weighted by molar-refractivity contribution is -0.389. The molecule has 1 aromatic heterocycles. The predicted octanol–water partition coefficient (Wildman–Crippen LogP) is 3.19. The number of amides is 1. The smallest absolute Gasteiger partial charge is 0.366 e. The fourth-order valence-electron chi connectivity index (χ4n) is 2.94. The van der Waals surface area contributed by atoms with Crippen molar-refractivity contribution >= 4 is 23.5 Å². The van der Waals surface area contributed by atoms with Crippen LogP contribution in [0.2, 0.25) is 0 Å². The largest absolute Gasteiger partial charge is 0.469 e. The predicted molar refractivity (Wildman–Crippen MR) is 104 cm³/mol. The third-order valence-electron chi connectivity index (χ3n) is 4.40. The Hall–Kier alpha value is -3.49. The highest BCUT2D eigenvalue weighted by Crippen LogP contribution is 2.38. The maximum Gasteiger partial charge on any atom is 0.366 e. The number of benzene rings is 1. The molecule has 1 aliphatic heterocycles. The Morgan fingerprint density at radius 2 is 2.00 bits per heavy atom. The van der Waals surface area contributed by atoms with E-state index in [1.807, 2.05) is 6.92 Å². The molecule has 0 saturated heterocycles. The van der Waals surface area contributed by atoms with E-state index in [9.17, 15) is 19.7 Å². The molecular weight excluding hydrogens is 378 g/mol. The van der Waals surface area contributed by atoms with Gasteiger partial charge in [0.15, 0.2) is 5.75 Å². The number of fused-ring (bicyclic) bond motifs is 1. The summed E-state index contributed by atoms with van der Waals surface area (Å²) in [5.41, 5.74) is 0.600. The van der Waals surface area contributed by atoms with Crippen LogP contribution in [0.3, 0.4) is 0 Å². The molecule has 0 fully saturated rings. The quantitative estimate of drug-likeness (QED) is 0.290. The number of hydrogen-bond donors (Lipinski definition) is 0. The zero-order valence-corrected chi connectivity index (χ0v) is 15.9. The molecule has 2 heterocycles. The first-order valence-corrected chi connectivity index (χ1v) is 9.35. The average Bonchev–Trinajstić information content (AvgIpc) is 2.73. The van der Waals surface area contributed by atoms with Gasteiger partial charge in [-0.25, -0.2) is 0 Å². The second-order valence-corrected chi connectivity index (χ2v) is 6.51. The SMILES string of the molecule is CCCCCOC(=O)CN1C(=O)C(c2ccccc2)Oc2ccc([N+](=O)[O-])nc21. The molecule has 9 nitrogen and oxygen atoms in total. The summed E-state index contributed by atoms with van der Waals surface area (Å²) in [6, 6.07) is 11.4. The minimum absolute atomic E-state index is 0.0677. The molecule has 1 aromatic carbocycles. The van der Waals surface area contributed by atoms with E-state index in [2.05, 4.69) is 4.98 Å². The topological polar surface area (TPSA) is 112 Å². The van der Waals surface area contributed by atoms with Crippen LogP contribution in [-0.4, -0.2) is 34.9 Å². The van der Waals surface area contributed by atoms with Gasteiger partial charge in [0.25, 0.3) is 11.7 Å². The summed E-state index contributed by atoms with van der Waals surface area (Å²) in [4.78, 5) is 40.8. The second-order valence-electron chi connectivity index (χ2n) is 6.51. The van der Waals surface area contributed by atoms with Crippen LogP contribution in [0.1, 0.15) is 37.9 Å². The van der Waals surface area contributed by atoms with Crippen molar-refractivity contribution in [3.05, 3.63) is 58.1 Å². The van der Waals surface area contributed by atoms with Crippen LogP contribution in [0.25, 0.3) is 0 Å². The summed E-state index contributed by atoms with van der Waals surface area (Å²) in [6.45, 7) is 1.88. The summed E-state index contributed by atoms with van der Waals surface area (Å²) in [7, 11) is 0. The van der Waals surface area contributed by atoms with E-state index in [1.54, 1.807) is 30.3 Å². The van der Waals surface area contributed by atoms with E-state index in [1.165, 1.54) is 12.1 Å². The van der Waals surface area contributed by atoms with Crippen molar-refractivity contribution in [2.75, 3.05) is 18.1 Å². The minimum atomic E-state index is -0.986. The molecule has 0 aliphatic carbocycles. The number of anilines is 1. The van der Waals surface area contributed by atoms with E-state index in [0.717, 1.165) is 24.2 Å². The van der Waals surface area contributed by atoms with Gasteiger partial charge in [0, 0.05) is 11.6 Å². The standard InChI is InChI=1S/C20H21N3O6/c1-2-3-7-12-28-17(24)13-22-19-15(10-11-16(21-19)23(26)27)29-18(20(22)25)14-8-5-4-6-9-14/h4-6,8-11,18H,2-3,7,12-13H2,1H3. The lowest BCUT2D eigenvalue weighted by Crippen LogP contribution is -2.44. The number of unbranched alkanes of at least 4 members (excludes halogenated alkanes) is 2. The van der Waals surface area contributed by atoms with Crippen molar-refractivity contribution in [2.45, 2.75) is 32.3 Å². The number of hydrogen-bond acceptors (Lipinski definition) is 7. The summed E-state index contributed by atoms with van der Waals surface area (Å²) >= 11 is 0. The third-order valence-corrected chi connectivity index (χ3v) is 4.40. The highest BCUT2D eigenvalue weighted by molar-refractivity contribution is 6.02. The van der Waals surface area contributed by atoms with Crippen molar-refractivity contribution in [3.63, 3.8) is 0 Å². The minimum Gasteiger partial charge on any atom is -0.469 e. The highest BCUT2D eigenvalue weighted by atomic mass is 16.6. The van der Waals surface area contributed by atoms with Gasteiger partial charge in [-0.3, -0.25) is 14.5 Å². The maximum atomic E-state index is 13.1. The Kier molecular flexibility index (Phi) is 6.38. The van der Waals surface area contributed by atoms with E-state index in [0.29, 0.717) is 5.56 Å². The fourth-order valence-corrected chi connectivity index (χ4v) is 2.94. The number of nitro groups is 1. The second kappa shape index (κ2) is 9.13. The van der Waals surface area contributed by atoms with Gasteiger partial charge in [0.05, 0.1) is 6.61 Å². The Morgan fingerprint density at radius 3 is 2.69 bits per heavy atom. The van der Waals surface area contributed by atoms with Gasteiger partial charge in [0.2, 0.25) is 6.10 Å². The highest BCUT2D eigenvalue weighted by Gasteiger charge is 2.41. The number of esters is 1. The van der Waals surface area contributed by atoms with Gasteiger partial charge in [-0.1, -0.05) is 50.1 Å². The lowest BCUT2D eigenvalue weighted by atomic mass is 10.1. The number of ether oxygens (including phenoxy) is 2. The molecule has 0 bridgehead atoms. The monoisotopic (exact) mass is 399 g/mol. The van der Waals surface area contributed by atoms with Crippen LogP contribution < -0.4 is 9.64 Å². The van der Waals surface area contributed by atoms with Gasteiger partial charge in [-0.05, 0) is 22.4 Å². The van der Waals surface area contributed by atoms with Crippen molar-refractivity contribution < 1.29 is 24.0 Å². The number of carbonyl (C=O) groups excluding carboxylic acids is 2. The fraction of sp³-hybridized carbons (Fsp3) is 0.350. The number of rotatable bonds is 8. The van der Waals surface area contributed by atoms with Gasteiger partial charge < -0.3 is 19.6 Å². The van der Waals surface area contributed by atoms with E-state index in [-0.39, 0.29) is 18.2 Å². The Bertz CT molecular complexity index is 902. The van der Waals surface area contributed by atoms with Crippen LogP contribution in [0.15, 0.2) is 42.5 Å². The van der Waals surface area contributed by atoms with Gasteiger partial charge >= 0.3 is 11.8 Å². The number of aromatic nitrogens is 1. The van der Waals surface area contributed by atoms with Gasteiger partial charge in [-0.2, -0.15) is 0 Å². The molecule has 0 spiro atoms. The maximum absolute atomic E-state index is 13.1. The van der Waals surface area contributed by atoms with Crippen LogP contribution in [0.5, 0.6) is 5.75 Å². The zero-order chi connectivity index (χ0) is 20.8. The van der Waals surface area contributed by atoms with Crippen molar-refractivity contribution in [1.82, 2.24) is 4.98 Å². The lowest BCUT2D eigenvalue weighted by Gasteiger charge is -2.30. The molecule has 29 heavy (non-hydrogen) atoms. The molecule has 1 amide bonds. The zero-order valence-electron chi connectivity index (χ0n) is 15.9. The Morgan fingerprint density at radius 1 is 1.24 bits per heavy atom. The summed E-state index contributed by atoms with van der Waals surface area (Å²) in [5, 5.41) is 11.1. The Labute approximate surface area is 167 Å². The molecular formula is C20H21N3O6. The Balaban J connectivity index is 1.88. The number of carbonyl (C=O) groups is 2. The molecule has 0 radical (unpaired) electrons. The first-order chi connectivity index (χ1) is 14.0. The first-order valence-electron chi connectivity index (χ1n) is 9.35. The first kappa shape index (κ1) is 20.2. The third kappa shape index (κ3) is 4.68. The van der Waals surface area contributed by atoms with Gasteiger partial charge in [0.1, 0.15) is 6.54 Å². The van der Waals surface area contributed by atoms with E-state index < -0.39 is 35.3 Å². The molecule has 152 valence electrons. The summed E-state index contributed by atoms with van der Waals surface area (Å²) in [6.07, 6.45) is 1.65. The molecule has 2 aromatic rings. The molecule has 1 unspecified atom stereocenters. The van der Waals surface area contributed by atoms with Crippen LogP contribution in [0, 0.1) is 10.1 Å². The normalized spacial score (nSPS) is 15.4. The summed E-state index contributed by atoms with van der Waals surface area (Å²) < 4.78 is 11.0.